The summed E-state index contributed by atoms with van der Waals surface area (Å²) >= 11 is 0. The monoisotopic (exact) mass is 452 g/mol. The Bertz CT molecular complexity index is 1440. The zero-order valence-electron chi connectivity index (χ0n) is 17.3. The molecule has 0 aliphatic heterocycles. The highest BCUT2D eigenvalue weighted by Gasteiger charge is 2.14. The van der Waals surface area contributed by atoms with E-state index < -0.39 is 15.8 Å². The van der Waals surface area contributed by atoms with Crippen molar-refractivity contribution in [3.63, 3.8) is 0 Å². The summed E-state index contributed by atoms with van der Waals surface area (Å²) in [6, 6.07) is 13.9. The molecule has 0 radical (unpaired) electrons. The molecule has 2 aromatic carbocycles. The molecule has 0 aliphatic carbocycles. The van der Waals surface area contributed by atoms with Gasteiger partial charge >= 0.3 is 11.6 Å². The fourth-order valence-corrected chi connectivity index (χ4v) is 3.78. The molecular formula is C22H20N4O5S. The predicted octanol–water partition coefficient (Wildman–Crippen LogP) is 3.15. The minimum Gasteiger partial charge on any atom is -0.424 e. The Balaban J connectivity index is 1.64. The van der Waals surface area contributed by atoms with Gasteiger partial charge in [0.05, 0.1) is 5.69 Å². The molecule has 164 valence electrons. The van der Waals surface area contributed by atoms with Crippen LogP contribution >= 0.6 is 0 Å². The first-order valence-corrected chi connectivity index (χ1v) is 11.1. The highest BCUT2D eigenvalue weighted by atomic mass is 32.2. The number of nitrogens with zero attached hydrogens (tertiary/aromatic N) is 2. The van der Waals surface area contributed by atoms with Crippen molar-refractivity contribution < 1.29 is 17.6 Å². The minimum absolute atomic E-state index is 0.191. The lowest BCUT2D eigenvalue weighted by Gasteiger charge is -2.11. The van der Waals surface area contributed by atoms with E-state index in [0.29, 0.717) is 22.6 Å². The molecule has 2 heterocycles. The van der Waals surface area contributed by atoms with Crippen LogP contribution in [0.5, 0.6) is 11.8 Å². The van der Waals surface area contributed by atoms with E-state index in [0.717, 1.165) is 16.5 Å². The SMILES string of the molecule is CNS(=O)(=O)Nc1cccc(Cc2c(C)c3ccc(Oc4ncccn4)cc3oc2=O)c1. The number of nitrogens with one attached hydrogen (secondary N) is 2. The molecule has 0 atom stereocenters. The minimum atomic E-state index is -3.64. The molecule has 0 fully saturated rings. The number of aryl methyl sites for hydroxylation is 1. The van der Waals surface area contributed by atoms with E-state index in [2.05, 4.69) is 19.4 Å². The summed E-state index contributed by atoms with van der Waals surface area (Å²) in [6.07, 6.45) is 3.42. The molecule has 0 unspecified atom stereocenters. The van der Waals surface area contributed by atoms with Gasteiger partial charge < -0.3 is 9.15 Å². The summed E-state index contributed by atoms with van der Waals surface area (Å²) in [5.41, 5.74) is 2.34. The summed E-state index contributed by atoms with van der Waals surface area (Å²) in [7, 11) is -2.32. The van der Waals surface area contributed by atoms with Gasteiger partial charge in [0.15, 0.2) is 0 Å². The number of hydrogen-bond acceptors (Lipinski definition) is 7. The molecule has 0 bridgehead atoms. The summed E-state index contributed by atoms with van der Waals surface area (Å²) in [5, 5.41) is 0.771. The highest BCUT2D eigenvalue weighted by Crippen LogP contribution is 2.27. The van der Waals surface area contributed by atoms with Crippen molar-refractivity contribution in [2.75, 3.05) is 11.8 Å². The standard InChI is InChI=1S/C22H20N4O5S/c1-14-18-8-7-17(30-22-24-9-4-10-25-22)13-20(18)31-21(27)19(14)12-15-5-3-6-16(11-15)26-32(28,29)23-2/h3-11,13,23,26H,12H2,1-2H3. The van der Waals surface area contributed by atoms with Crippen molar-refractivity contribution in [3.8, 4) is 11.8 Å². The summed E-state index contributed by atoms with van der Waals surface area (Å²) in [6.45, 7) is 1.85. The van der Waals surface area contributed by atoms with E-state index in [1.54, 1.807) is 48.8 Å². The molecule has 0 aliphatic rings. The normalized spacial score (nSPS) is 11.4. The number of hydrogen-bond donors (Lipinski definition) is 2. The van der Waals surface area contributed by atoms with Crippen LogP contribution in [0.1, 0.15) is 16.7 Å². The molecule has 4 aromatic rings. The zero-order valence-corrected chi connectivity index (χ0v) is 18.1. The van der Waals surface area contributed by atoms with Crippen molar-refractivity contribution in [1.29, 1.82) is 0 Å². The van der Waals surface area contributed by atoms with E-state index in [1.807, 2.05) is 19.1 Å². The van der Waals surface area contributed by atoms with Crippen LogP contribution in [-0.2, 0) is 16.6 Å². The second-order valence-corrected chi connectivity index (χ2v) is 8.59. The van der Waals surface area contributed by atoms with Gasteiger partial charge in [-0.05, 0) is 48.4 Å². The van der Waals surface area contributed by atoms with E-state index in [4.69, 9.17) is 9.15 Å². The molecule has 0 amide bonds. The van der Waals surface area contributed by atoms with Crippen LogP contribution < -0.4 is 19.8 Å². The first-order valence-electron chi connectivity index (χ1n) is 9.66. The van der Waals surface area contributed by atoms with Gasteiger partial charge in [0.1, 0.15) is 11.3 Å². The quantitative estimate of drug-likeness (QED) is 0.413. The Labute approximate surface area is 184 Å². The molecular weight excluding hydrogens is 432 g/mol. The number of aromatic nitrogens is 2. The van der Waals surface area contributed by atoms with Gasteiger partial charge in [-0.2, -0.15) is 8.42 Å². The second-order valence-electron chi connectivity index (χ2n) is 6.97. The van der Waals surface area contributed by atoms with Crippen LogP contribution in [0.25, 0.3) is 11.0 Å². The van der Waals surface area contributed by atoms with Gasteiger partial charge in [-0.1, -0.05) is 12.1 Å². The van der Waals surface area contributed by atoms with E-state index in [9.17, 15) is 13.2 Å². The van der Waals surface area contributed by atoms with Crippen LogP contribution in [0.2, 0.25) is 0 Å². The van der Waals surface area contributed by atoms with Gasteiger partial charge in [-0.3, -0.25) is 4.72 Å². The highest BCUT2D eigenvalue weighted by molar-refractivity contribution is 7.90. The Morgan fingerprint density at radius 1 is 1.06 bits per heavy atom. The van der Waals surface area contributed by atoms with E-state index in [-0.39, 0.29) is 12.4 Å². The topological polar surface area (TPSA) is 123 Å². The van der Waals surface area contributed by atoms with Gasteiger partial charge in [-0.15, -0.1) is 0 Å². The van der Waals surface area contributed by atoms with Crippen LogP contribution in [-0.4, -0.2) is 25.4 Å². The molecule has 10 heteroatoms. The Morgan fingerprint density at radius 3 is 2.59 bits per heavy atom. The summed E-state index contributed by atoms with van der Waals surface area (Å²) in [4.78, 5) is 20.8. The maximum Gasteiger partial charge on any atom is 0.340 e. The van der Waals surface area contributed by atoms with Crippen molar-refractivity contribution in [1.82, 2.24) is 14.7 Å². The lowest BCUT2D eigenvalue weighted by atomic mass is 9.99. The maximum absolute atomic E-state index is 12.7. The van der Waals surface area contributed by atoms with Crippen molar-refractivity contribution >= 4 is 26.9 Å². The molecule has 4 rings (SSSR count). The third kappa shape index (κ3) is 4.76. The first-order chi connectivity index (χ1) is 15.3. The van der Waals surface area contributed by atoms with Crippen LogP contribution in [0.4, 0.5) is 5.69 Å². The molecule has 9 nitrogen and oxygen atoms in total. The number of anilines is 1. The molecule has 2 aromatic heterocycles. The van der Waals surface area contributed by atoms with Gasteiger partial charge in [0.25, 0.3) is 10.2 Å². The van der Waals surface area contributed by atoms with Crippen LogP contribution in [0, 0.1) is 6.92 Å². The Hall–Kier alpha value is -3.76. The van der Waals surface area contributed by atoms with E-state index >= 15 is 0 Å². The molecule has 0 saturated carbocycles. The lowest BCUT2D eigenvalue weighted by molar-refractivity contribution is 0.440. The first kappa shape index (κ1) is 21.5. The summed E-state index contributed by atoms with van der Waals surface area (Å²) < 4.78 is 39.2. The number of rotatable bonds is 7. The Morgan fingerprint density at radius 2 is 1.84 bits per heavy atom. The fraction of sp³-hybridized carbons (Fsp3) is 0.136. The number of benzene rings is 2. The van der Waals surface area contributed by atoms with Gasteiger partial charge in [-0.25, -0.2) is 19.5 Å². The number of fused-ring (bicyclic) bond motifs is 1. The van der Waals surface area contributed by atoms with Crippen LogP contribution in [0.3, 0.4) is 0 Å². The maximum atomic E-state index is 12.7. The molecule has 0 spiro atoms. The average Bonchev–Trinajstić information content (AvgIpc) is 2.77. The third-order valence-electron chi connectivity index (χ3n) is 4.84. The zero-order chi connectivity index (χ0) is 22.7. The smallest absolute Gasteiger partial charge is 0.340 e. The lowest BCUT2D eigenvalue weighted by Crippen LogP contribution is -2.26. The van der Waals surface area contributed by atoms with Crippen molar-refractivity contribution in [3.05, 3.63) is 88.0 Å². The Kier molecular flexibility index (Phi) is 5.89. The van der Waals surface area contributed by atoms with Crippen LogP contribution in [0.15, 0.2) is 70.1 Å². The predicted molar refractivity (Wildman–Crippen MR) is 120 cm³/mol. The second kappa shape index (κ2) is 8.77. The van der Waals surface area contributed by atoms with Gasteiger partial charge in [0.2, 0.25) is 0 Å². The molecule has 32 heavy (non-hydrogen) atoms. The fourth-order valence-electron chi connectivity index (χ4n) is 3.24. The largest absolute Gasteiger partial charge is 0.424 e. The van der Waals surface area contributed by atoms with Crippen molar-refractivity contribution in [2.45, 2.75) is 13.3 Å². The van der Waals surface area contributed by atoms with Gasteiger partial charge in [0, 0.05) is 42.9 Å². The number of ether oxygens (including phenoxy) is 1. The summed E-state index contributed by atoms with van der Waals surface area (Å²) in [5.74, 6) is 0.448. The van der Waals surface area contributed by atoms with Crippen molar-refractivity contribution in [2.24, 2.45) is 0 Å². The third-order valence-corrected chi connectivity index (χ3v) is 5.88. The molecule has 2 N–H and O–H groups in total. The molecule has 0 saturated heterocycles. The average molecular weight is 452 g/mol. The van der Waals surface area contributed by atoms with E-state index in [1.165, 1.54) is 7.05 Å².